The van der Waals surface area contributed by atoms with E-state index in [-0.39, 0.29) is 0 Å². The zero-order valence-corrected chi connectivity index (χ0v) is 9.74. The number of hydrogen-bond acceptors (Lipinski definition) is 2. The lowest BCUT2D eigenvalue weighted by atomic mass is 10.0. The summed E-state index contributed by atoms with van der Waals surface area (Å²) in [4.78, 5) is 0. The smallest absolute Gasteiger partial charge is 0.0373 e. The Labute approximate surface area is 101 Å². The van der Waals surface area contributed by atoms with Gasteiger partial charge in [-0.25, -0.2) is 0 Å². The lowest BCUT2D eigenvalue weighted by molar-refractivity contribution is 1.10. The van der Waals surface area contributed by atoms with Crippen LogP contribution in [0.2, 0.25) is 0 Å². The van der Waals surface area contributed by atoms with Gasteiger partial charge in [-0.3, -0.25) is 0 Å². The molecule has 17 heavy (non-hydrogen) atoms. The Balaban J connectivity index is 1.86. The van der Waals surface area contributed by atoms with E-state index >= 15 is 0 Å². The molecular formula is C15H16N2. The molecule has 2 aromatic rings. The number of nitrogens with two attached hydrogens (primary N) is 1. The van der Waals surface area contributed by atoms with Crippen LogP contribution in [0.25, 0.3) is 0 Å². The molecule has 2 nitrogen and oxygen atoms in total. The predicted molar refractivity (Wildman–Crippen MR) is 72.3 cm³/mol. The average molecular weight is 224 g/mol. The Morgan fingerprint density at radius 2 is 1.94 bits per heavy atom. The fourth-order valence-corrected chi connectivity index (χ4v) is 2.41. The summed E-state index contributed by atoms with van der Waals surface area (Å²) < 4.78 is 0. The van der Waals surface area contributed by atoms with E-state index in [1.165, 1.54) is 22.4 Å². The average Bonchev–Trinajstić information content (AvgIpc) is 2.76. The highest BCUT2D eigenvalue weighted by atomic mass is 14.9. The van der Waals surface area contributed by atoms with E-state index in [0.717, 1.165) is 25.1 Å². The summed E-state index contributed by atoms with van der Waals surface area (Å²) in [5.41, 5.74) is 12.0. The summed E-state index contributed by atoms with van der Waals surface area (Å²) in [7, 11) is 0. The fraction of sp³-hybridized carbons (Fsp3) is 0.200. The number of nitrogens with one attached hydrogen (secondary N) is 1. The molecule has 0 unspecified atom stereocenters. The number of hydrogen-bond donors (Lipinski definition) is 2. The molecule has 3 rings (SSSR count). The van der Waals surface area contributed by atoms with Crippen LogP contribution in [0.4, 0.5) is 11.4 Å². The minimum absolute atomic E-state index is 0.838. The molecule has 0 bridgehead atoms. The van der Waals surface area contributed by atoms with Gasteiger partial charge in [0.25, 0.3) is 0 Å². The third-order valence-electron chi connectivity index (χ3n) is 3.24. The van der Waals surface area contributed by atoms with Gasteiger partial charge < -0.3 is 11.1 Å². The van der Waals surface area contributed by atoms with Crippen LogP contribution < -0.4 is 11.1 Å². The van der Waals surface area contributed by atoms with E-state index in [1.54, 1.807) is 0 Å². The van der Waals surface area contributed by atoms with Crippen molar-refractivity contribution in [2.45, 2.75) is 12.8 Å². The highest BCUT2D eigenvalue weighted by molar-refractivity contribution is 5.57. The Morgan fingerprint density at radius 1 is 1.06 bits per heavy atom. The molecule has 1 aliphatic rings. The zero-order valence-electron chi connectivity index (χ0n) is 9.74. The molecule has 86 valence electrons. The fourth-order valence-electron chi connectivity index (χ4n) is 2.41. The predicted octanol–water partition coefficient (Wildman–Crippen LogP) is 2.83. The molecule has 1 aliphatic heterocycles. The van der Waals surface area contributed by atoms with Crippen molar-refractivity contribution in [3.8, 4) is 0 Å². The van der Waals surface area contributed by atoms with Crippen LogP contribution in [0.1, 0.15) is 16.7 Å². The molecule has 0 aliphatic carbocycles. The van der Waals surface area contributed by atoms with E-state index < -0.39 is 0 Å². The summed E-state index contributed by atoms with van der Waals surface area (Å²) in [5.74, 6) is 0. The van der Waals surface area contributed by atoms with Crippen molar-refractivity contribution in [2.24, 2.45) is 0 Å². The molecule has 3 N–H and O–H groups in total. The monoisotopic (exact) mass is 224 g/mol. The van der Waals surface area contributed by atoms with Crippen LogP contribution in [0.5, 0.6) is 0 Å². The van der Waals surface area contributed by atoms with Gasteiger partial charge in [-0.15, -0.1) is 0 Å². The van der Waals surface area contributed by atoms with Crippen LogP contribution in [-0.2, 0) is 12.8 Å². The minimum atomic E-state index is 0.838. The summed E-state index contributed by atoms with van der Waals surface area (Å²) >= 11 is 0. The summed E-state index contributed by atoms with van der Waals surface area (Å²) in [6, 6.07) is 14.8. The number of anilines is 2. The van der Waals surface area contributed by atoms with Crippen LogP contribution >= 0.6 is 0 Å². The van der Waals surface area contributed by atoms with Gasteiger partial charge in [-0.2, -0.15) is 0 Å². The second kappa shape index (κ2) is 4.13. The first kappa shape index (κ1) is 10.2. The van der Waals surface area contributed by atoms with Gasteiger partial charge in [0.1, 0.15) is 0 Å². The standard InChI is InChI=1S/C15H16N2/c16-14-3-1-2-11(10-14)8-12-4-5-15-13(9-12)6-7-17-15/h1-5,9-10,17H,6-8,16H2. The third-order valence-corrected chi connectivity index (χ3v) is 3.24. The SMILES string of the molecule is Nc1cccc(Cc2ccc3c(c2)CCN3)c1. The van der Waals surface area contributed by atoms with Crippen molar-refractivity contribution in [1.29, 1.82) is 0 Å². The lowest BCUT2D eigenvalue weighted by Crippen LogP contribution is -1.92. The van der Waals surface area contributed by atoms with Crippen molar-refractivity contribution >= 4 is 11.4 Å². The molecule has 0 atom stereocenters. The van der Waals surface area contributed by atoms with Gasteiger partial charge in [-0.05, 0) is 47.7 Å². The molecule has 0 fully saturated rings. The maximum absolute atomic E-state index is 5.79. The number of fused-ring (bicyclic) bond motifs is 1. The second-order valence-corrected chi connectivity index (χ2v) is 4.59. The summed E-state index contributed by atoms with van der Waals surface area (Å²) in [6.07, 6.45) is 2.10. The highest BCUT2D eigenvalue weighted by Crippen LogP contribution is 2.24. The summed E-state index contributed by atoms with van der Waals surface area (Å²) in [5, 5.41) is 3.38. The van der Waals surface area contributed by atoms with Gasteiger partial charge in [-0.1, -0.05) is 24.3 Å². The van der Waals surface area contributed by atoms with Crippen molar-refractivity contribution in [1.82, 2.24) is 0 Å². The Bertz CT molecular complexity index is 546. The van der Waals surface area contributed by atoms with Crippen LogP contribution in [0.15, 0.2) is 42.5 Å². The molecule has 0 spiro atoms. The van der Waals surface area contributed by atoms with Crippen molar-refractivity contribution in [3.05, 3.63) is 59.2 Å². The van der Waals surface area contributed by atoms with Crippen LogP contribution in [0.3, 0.4) is 0 Å². The van der Waals surface area contributed by atoms with Gasteiger partial charge in [0, 0.05) is 17.9 Å². The van der Waals surface area contributed by atoms with Gasteiger partial charge >= 0.3 is 0 Å². The highest BCUT2D eigenvalue weighted by Gasteiger charge is 2.09. The Morgan fingerprint density at radius 3 is 2.82 bits per heavy atom. The van der Waals surface area contributed by atoms with E-state index in [2.05, 4.69) is 29.6 Å². The minimum Gasteiger partial charge on any atom is -0.399 e. The first-order chi connectivity index (χ1) is 8.31. The van der Waals surface area contributed by atoms with Crippen LogP contribution in [0, 0.1) is 0 Å². The molecule has 0 saturated heterocycles. The van der Waals surface area contributed by atoms with Crippen molar-refractivity contribution in [2.75, 3.05) is 17.6 Å². The summed E-state index contributed by atoms with van der Waals surface area (Å²) in [6.45, 7) is 1.07. The van der Waals surface area contributed by atoms with Gasteiger partial charge in [0.2, 0.25) is 0 Å². The lowest BCUT2D eigenvalue weighted by Gasteiger charge is -2.06. The molecule has 0 radical (unpaired) electrons. The molecule has 0 amide bonds. The molecule has 0 saturated carbocycles. The van der Waals surface area contributed by atoms with Crippen molar-refractivity contribution in [3.63, 3.8) is 0 Å². The first-order valence-electron chi connectivity index (χ1n) is 6.01. The third kappa shape index (κ3) is 2.11. The largest absolute Gasteiger partial charge is 0.399 e. The zero-order chi connectivity index (χ0) is 11.7. The molecule has 1 heterocycles. The number of rotatable bonds is 2. The van der Waals surface area contributed by atoms with Crippen LogP contribution in [-0.4, -0.2) is 6.54 Å². The first-order valence-corrected chi connectivity index (χ1v) is 6.01. The number of nitrogen functional groups attached to an aromatic ring is 1. The van der Waals surface area contributed by atoms with Crippen molar-refractivity contribution < 1.29 is 0 Å². The Kier molecular flexibility index (Phi) is 2.48. The second-order valence-electron chi connectivity index (χ2n) is 4.59. The van der Waals surface area contributed by atoms with E-state index in [4.69, 9.17) is 5.73 Å². The van der Waals surface area contributed by atoms with E-state index in [1.807, 2.05) is 18.2 Å². The molecular weight excluding hydrogens is 208 g/mol. The topological polar surface area (TPSA) is 38.0 Å². The molecule has 2 aromatic carbocycles. The van der Waals surface area contributed by atoms with E-state index in [9.17, 15) is 0 Å². The normalized spacial score (nSPS) is 13.2. The van der Waals surface area contributed by atoms with E-state index in [0.29, 0.717) is 0 Å². The quantitative estimate of drug-likeness (QED) is 0.770. The van der Waals surface area contributed by atoms with Gasteiger partial charge in [0.05, 0.1) is 0 Å². The number of benzene rings is 2. The maximum Gasteiger partial charge on any atom is 0.0373 e. The molecule has 0 aromatic heterocycles. The maximum atomic E-state index is 5.79. The van der Waals surface area contributed by atoms with Gasteiger partial charge in [0.15, 0.2) is 0 Å². The Hall–Kier alpha value is -1.96. The molecule has 2 heteroatoms.